The first-order chi connectivity index (χ1) is 14.9. The van der Waals surface area contributed by atoms with Crippen molar-refractivity contribution in [3.05, 3.63) is 81.1 Å². The Hall–Kier alpha value is -3.16. The van der Waals surface area contributed by atoms with Crippen molar-refractivity contribution in [3.63, 3.8) is 0 Å². The summed E-state index contributed by atoms with van der Waals surface area (Å²) >= 11 is 5.89. The van der Waals surface area contributed by atoms with Crippen LogP contribution in [0.25, 0.3) is 11.3 Å². The molecule has 2 heterocycles. The van der Waals surface area contributed by atoms with Gasteiger partial charge in [-0.25, -0.2) is 0 Å². The van der Waals surface area contributed by atoms with E-state index in [1.165, 1.54) is 6.07 Å². The predicted octanol–water partition coefficient (Wildman–Crippen LogP) is 5.49. The summed E-state index contributed by atoms with van der Waals surface area (Å²) in [6.45, 7) is 3.29. The van der Waals surface area contributed by atoms with E-state index in [-0.39, 0.29) is 17.6 Å². The summed E-state index contributed by atoms with van der Waals surface area (Å²) in [6, 6.07) is 16.1. The molecule has 1 N–H and O–H groups in total. The Bertz CT molecular complexity index is 1110. The Morgan fingerprint density at radius 1 is 1.19 bits per heavy atom. The van der Waals surface area contributed by atoms with Gasteiger partial charge in [-0.1, -0.05) is 23.7 Å². The maximum Gasteiger partial charge on any atom is 0.281 e. The first kappa shape index (κ1) is 21.1. The minimum Gasteiger partial charge on any atom is -0.459 e. The lowest BCUT2D eigenvalue weighted by Crippen LogP contribution is -2.23. The fraction of sp³-hybridized carbons (Fsp3) is 0.261. The standard InChI is InChI=1S/C23H22ClN3O4/c1-15(16-4-7-18(8-5-16)26-12-2-3-23(26)28)25-14-19-9-11-22(31-19)20-10-6-17(24)13-21(20)27(29)30/h4-11,13,15,25H,2-3,12,14H2,1H3. The predicted molar refractivity (Wildman–Crippen MR) is 119 cm³/mol. The number of hydrogen-bond acceptors (Lipinski definition) is 5. The van der Waals surface area contributed by atoms with Crippen LogP contribution in [0.4, 0.5) is 11.4 Å². The molecule has 1 unspecified atom stereocenters. The molecule has 4 rings (SSSR count). The van der Waals surface area contributed by atoms with E-state index >= 15 is 0 Å². The molecule has 1 aromatic heterocycles. The second kappa shape index (κ2) is 8.91. The Morgan fingerprint density at radius 3 is 2.65 bits per heavy atom. The molecule has 3 aromatic rings. The number of carbonyl (C=O) groups is 1. The number of benzene rings is 2. The quantitative estimate of drug-likeness (QED) is 0.388. The lowest BCUT2D eigenvalue weighted by Gasteiger charge is -2.18. The van der Waals surface area contributed by atoms with Crippen molar-refractivity contribution in [3.8, 4) is 11.3 Å². The highest BCUT2D eigenvalue weighted by Crippen LogP contribution is 2.33. The van der Waals surface area contributed by atoms with Crippen LogP contribution in [-0.4, -0.2) is 17.4 Å². The van der Waals surface area contributed by atoms with Crippen LogP contribution in [0.3, 0.4) is 0 Å². The van der Waals surface area contributed by atoms with Crippen LogP contribution >= 0.6 is 11.6 Å². The monoisotopic (exact) mass is 439 g/mol. The van der Waals surface area contributed by atoms with Crippen molar-refractivity contribution in [2.45, 2.75) is 32.4 Å². The van der Waals surface area contributed by atoms with Crippen molar-refractivity contribution in [1.82, 2.24) is 5.32 Å². The molecule has 7 nitrogen and oxygen atoms in total. The SMILES string of the molecule is CC(NCc1ccc(-c2ccc(Cl)cc2[N+](=O)[O-])o1)c1ccc(N2CCCC2=O)cc1. The molecule has 31 heavy (non-hydrogen) atoms. The van der Waals surface area contributed by atoms with Crippen LogP contribution in [0.2, 0.25) is 5.02 Å². The van der Waals surface area contributed by atoms with Gasteiger partial charge in [0.05, 0.1) is 17.0 Å². The van der Waals surface area contributed by atoms with E-state index in [0.717, 1.165) is 24.2 Å². The van der Waals surface area contributed by atoms with Crippen molar-refractivity contribution in [2.24, 2.45) is 0 Å². The lowest BCUT2D eigenvalue weighted by atomic mass is 10.1. The lowest BCUT2D eigenvalue weighted by molar-refractivity contribution is -0.384. The topological polar surface area (TPSA) is 88.6 Å². The molecule has 0 radical (unpaired) electrons. The van der Waals surface area contributed by atoms with Crippen LogP contribution in [0, 0.1) is 10.1 Å². The van der Waals surface area contributed by atoms with Gasteiger partial charge in [0.1, 0.15) is 11.5 Å². The average Bonchev–Trinajstić information content (AvgIpc) is 3.41. The van der Waals surface area contributed by atoms with E-state index in [9.17, 15) is 14.9 Å². The number of amides is 1. The zero-order valence-electron chi connectivity index (χ0n) is 17.0. The van der Waals surface area contributed by atoms with Gasteiger partial charge in [0.15, 0.2) is 0 Å². The largest absolute Gasteiger partial charge is 0.459 e. The molecule has 1 fully saturated rings. The summed E-state index contributed by atoms with van der Waals surface area (Å²) in [4.78, 5) is 24.6. The molecule has 1 saturated heterocycles. The Labute approximate surface area is 184 Å². The number of halogens is 1. The number of carbonyl (C=O) groups excluding carboxylic acids is 1. The molecular formula is C23H22ClN3O4. The Balaban J connectivity index is 1.41. The first-order valence-corrected chi connectivity index (χ1v) is 10.5. The summed E-state index contributed by atoms with van der Waals surface area (Å²) in [5.41, 5.74) is 2.32. The van der Waals surface area contributed by atoms with Gasteiger partial charge in [-0.2, -0.15) is 0 Å². The number of nitro groups is 1. The number of hydrogen-bond donors (Lipinski definition) is 1. The second-order valence-electron chi connectivity index (χ2n) is 7.53. The van der Waals surface area contributed by atoms with Gasteiger partial charge >= 0.3 is 0 Å². The molecule has 1 aliphatic heterocycles. The zero-order valence-corrected chi connectivity index (χ0v) is 17.8. The van der Waals surface area contributed by atoms with E-state index in [1.54, 1.807) is 24.3 Å². The number of furan rings is 1. The third kappa shape index (κ3) is 4.62. The van der Waals surface area contributed by atoms with Crippen molar-refractivity contribution < 1.29 is 14.1 Å². The molecule has 160 valence electrons. The van der Waals surface area contributed by atoms with Crippen LogP contribution in [0.15, 0.2) is 59.0 Å². The van der Waals surface area contributed by atoms with Gasteiger partial charge in [0, 0.05) is 35.8 Å². The molecule has 0 aliphatic carbocycles. The van der Waals surface area contributed by atoms with E-state index in [4.69, 9.17) is 16.0 Å². The third-order valence-electron chi connectivity index (χ3n) is 5.44. The molecule has 1 atom stereocenters. The Kier molecular flexibility index (Phi) is 6.06. The van der Waals surface area contributed by atoms with Gasteiger partial charge in [-0.3, -0.25) is 14.9 Å². The summed E-state index contributed by atoms with van der Waals surface area (Å²) in [7, 11) is 0. The molecule has 1 amide bonds. The van der Waals surface area contributed by atoms with Crippen LogP contribution in [0.5, 0.6) is 0 Å². The maximum atomic E-state index is 11.9. The van der Waals surface area contributed by atoms with E-state index < -0.39 is 4.92 Å². The number of rotatable bonds is 7. The molecule has 0 bridgehead atoms. The van der Waals surface area contributed by atoms with Gasteiger partial charge in [0.2, 0.25) is 5.91 Å². The highest BCUT2D eigenvalue weighted by Gasteiger charge is 2.22. The smallest absolute Gasteiger partial charge is 0.281 e. The third-order valence-corrected chi connectivity index (χ3v) is 5.68. The summed E-state index contributed by atoms with van der Waals surface area (Å²) in [5.74, 6) is 1.27. The van der Waals surface area contributed by atoms with Crippen LogP contribution in [-0.2, 0) is 11.3 Å². The average molecular weight is 440 g/mol. The highest BCUT2D eigenvalue weighted by atomic mass is 35.5. The Morgan fingerprint density at radius 2 is 1.97 bits per heavy atom. The number of nitrogens with zero attached hydrogens (tertiary/aromatic N) is 2. The molecular weight excluding hydrogens is 418 g/mol. The van der Waals surface area contributed by atoms with Crippen LogP contribution in [0.1, 0.15) is 37.1 Å². The molecule has 0 saturated carbocycles. The second-order valence-corrected chi connectivity index (χ2v) is 7.96. The van der Waals surface area contributed by atoms with Gasteiger partial charge in [-0.15, -0.1) is 0 Å². The minimum absolute atomic E-state index is 0.0572. The number of nitrogens with one attached hydrogen (secondary N) is 1. The van der Waals surface area contributed by atoms with Gasteiger partial charge in [-0.05, 0) is 55.3 Å². The van der Waals surface area contributed by atoms with Crippen molar-refractivity contribution in [2.75, 3.05) is 11.4 Å². The first-order valence-electron chi connectivity index (χ1n) is 10.1. The van der Waals surface area contributed by atoms with E-state index in [0.29, 0.717) is 35.1 Å². The normalized spacial score (nSPS) is 14.8. The molecule has 2 aromatic carbocycles. The fourth-order valence-corrected chi connectivity index (χ4v) is 3.88. The fourth-order valence-electron chi connectivity index (χ4n) is 3.72. The maximum absolute atomic E-state index is 11.9. The van der Waals surface area contributed by atoms with E-state index in [2.05, 4.69) is 5.32 Å². The van der Waals surface area contributed by atoms with Crippen molar-refractivity contribution in [1.29, 1.82) is 0 Å². The molecule has 1 aliphatic rings. The molecule has 0 spiro atoms. The highest BCUT2D eigenvalue weighted by molar-refractivity contribution is 6.30. The number of nitro benzene ring substituents is 1. The van der Waals surface area contributed by atoms with Gasteiger partial charge < -0.3 is 14.6 Å². The van der Waals surface area contributed by atoms with Crippen LogP contribution < -0.4 is 10.2 Å². The molecule has 8 heteroatoms. The van der Waals surface area contributed by atoms with Crippen molar-refractivity contribution >= 4 is 28.9 Å². The number of anilines is 1. The summed E-state index contributed by atoms with van der Waals surface area (Å²) in [5, 5.41) is 15.0. The minimum atomic E-state index is -0.469. The van der Waals surface area contributed by atoms with E-state index in [1.807, 2.05) is 36.1 Å². The van der Waals surface area contributed by atoms with Gasteiger partial charge in [0.25, 0.3) is 5.69 Å². The summed E-state index contributed by atoms with van der Waals surface area (Å²) in [6.07, 6.45) is 1.52. The summed E-state index contributed by atoms with van der Waals surface area (Å²) < 4.78 is 5.83. The zero-order chi connectivity index (χ0) is 22.0.